The Hall–Kier alpha value is -2.17. The van der Waals surface area contributed by atoms with Gasteiger partial charge >= 0.3 is 0 Å². The van der Waals surface area contributed by atoms with Crippen LogP contribution in [0.1, 0.15) is 23.1 Å². The molecule has 4 nitrogen and oxygen atoms in total. The number of benzene rings is 1. The summed E-state index contributed by atoms with van der Waals surface area (Å²) >= 11 is 0. The predicted molar refractivity (Wildman–Crippen MR) is 102 cm³/mol. The zero-order valence-electron chi connectivity index (χ0n) is 14.9. The van der Waals surface area contributed by atoms with Crippen molar-refractivity contribution in [3.63, 3.8) is 0 Å². The SMILES string of the molecule is Cc1ccc(CN2CCCN(Cc3ccnc4[nH]ccc34)CC2)cc1. The van der Waals surface area contributed by atoms with E-state index in [4.69, 9.17) is 0 Å². The number of aryl methyl sites for hydroxylation is 1. The predicted octanol–water partition coefficient (Wildman–Crippen LogP) is 3.58. The van der Waals surface area contributed by atoms with E-state index in [1.807, 2.05) is 12.4 Å². The highest BCUT2D eigenvalue weighted by Gasteiger charge is 2.16. The van der Waals surface area contributed by atoms with E-state index in [2.05, 4.69) is 63.1 Å². The molecule has 25 heavy (non-hydrogen) atoms. The van der Waals surface area contributed by atoms with E-state index in [0.717, 1.165) is 31.8 Å². The van der Waals surface area contributed by atoms with Crippen molar-refractivity contribution in [2.75, 3.05) is 26.2 Å². The van der Waals surface area contributed by atoms with Crippen molar-refractivity contribution < 1.29 is 0 Å². The lowest BCUT2D eigenvalue weighted by Gasteiger charge is -2.22. The van der Waals surface area contributed by atoms with Crippen LogP contribution in [-0.4, -0.2) is 45.9 Å². The Labute approximate surface area is 149 Å². The molecule has 1 aliphatic rings. The van der Waals surface area contributed by atoms with Crippen LogP contribution in [0.5, 0.6) is 0 Å². The summed E-state index contributed by atoms with van der Waals surface area (Å²) in [6.45, 7) is 8.82. The zero-order chi connectivity index (χ0) is 17.1. The van der Waals surface area contributed by atoms with Crippen LogP contribution in [0.25, 0.3) is 11.0 Å². The van der Waals surface area contributed by atoms with E-state index in [0.29, 0.717) is 0 Å². The maximum atomic E-state index is 4.40. The van der Waals surface area contributed by atoms with Crippen LogP contribution in [0.4, 0.5) is 0 Å². The van der Waals surface area contributed by atoms with Gasteiger partial charge in [-0.25, -0.2) is 4.98 Å². The lowest BCUT2D eigenvalue weighted by Crippen LogP contribution is -2.30. The molecule has 4 heteroatoms. The molecular weight excluding hydrogens is 308 g/mol. The first-order chi connectivity index (χ1) is 12.3. The Bertz CT molecular complexity index is 821. The summed E-state index contributed by atoms with van der Waals surface area (Å²) in [5.74, 6) is 0. The number of rotatable bonds is 4. The quantitative estimate of drug-likeness (QED) is 0.792. The van der Waals surface area contributed by atoms with Crippen molar-refractivity contribution in [1.29, 1.82) is 0 Å². The van der Waals surface area contributed by atoms with E-state index in [-0.39, 0.29) is 0 Å². The molecule has 1 aliphatic heterocycles. The summed E-state index contributed by atoms with van der Waals surface area (Å²) in [7, 11) is 0. The summed E-state index contributed by atoms with van der Waals surface area (Å²) in [6, 6.07) is 13.2. The highest BCUT2D eigenvalue weighted by Crippen LogP contribution is 2.18. The fourth-order valence-electron chi connectivity index (χ4n) is 3.69. The molecule has 1 saturated heterocycles. The van der Waals surface area contributed by atoms with Crippen LogP contribution in [0, 0.1) is 6.92 Å². The molecule has 0 bridgehead atoms. The minimum Gasteiger partial charge on any atom is -0.346 e. The number of H-pyrrole nitrogens is 1. The molecule has 3 aromatic rings. The molecule has 0 aliphatic carbocycles. The highest BCUT2D eigenvalue weighted by atomic mass is 15.2. The first kappa shape index (κ1) is 16.3. The second-order valence-electron chi connectivity index (χ2n) is 7.10. The second-order valence-corrected chi connectivity index (χ2v) is 7.10. The normalized spacial score (nSPS) is 17.0. The van der Waals surface area contributed by atoms with Gasteiger partial charge in [0.1, 0.15) is 5.65 Å². The Balaban J connectivity index is 1.38. The smallest absolute Gasteiger partial charge is 0.137 e. The maximum absolute atomic E-state index is 4.40. The van der Waals surface area contributed by atoms with Gasteiger partial charge in [-0.1, -0.05) is 29.8 Å². The summed E-state index contributed by atoms with van der Waals surface area (Å²) in [5, 5.41) is 1.25. The van der Waals surface area contributed by atoms with Gasteiger partial charge in [0.05, 0.1) is 0 Å². The first-order valence-electron chi connectivity index (χ1n) is 9.19. The maximum Gasteiger partial charge on any atom is 0.137 e. The standard InChI is InChI=1S/C21H26N4/c1-17-3-5-18(6-4-17)15-24-11-2-12-25(14-13-24)16-19-7-9-22-21-20(19)8-10-23-21/h3-10H,2,11-16H2,1H3,(H,22,23). The van der Waals surface area contributed by atoms with Gasteiger partial charge in [-0.2, -0.15) is 0 Å². The first-order valence-corrected chi connectivity index (χ1v) is 9.19. The lowest BCUT2D eigenvalue weighted by molar-refractivity contribution is 0.247. The molecule has 1 N–H and O–H groups in total. The van der Waals surface area contributed by atoms with Gasteiger partial charge in [-0.15, -0.1) is 0 Å². The van der Waals surface area contributed by atoms with Gasteiger partial charge in [0.15, 0.2) is 0 Å². The van der Waals surface area contributed by atoms with Gasteiger partial charge in [-0.3, -0.25) is 9.80 Å². The number of aromatic nitrogens is 2. The Morgan fingerprint density at radius 3 is 2.48 bits per heavy atom. The largest absolute Gasteiger partial charge is 0.346 e. The Kier molecular flexibility index (Phi) is 4.81. The topological polar surface area (TPSA) is 35.2 Å². The Morgan fingerprint density at radius 1 is 0.920 bits per heavy atom. The molecule has 0 atom stereocenters. The van der Waals surface area contributed by atoms with Crippen molar-refractivity contribution in [3.8, 4) is 0 Å². The van der Waals surface area contributed by atoms with Gasteiger partial charge < -0.3 is 4.98 Å². The van der Waals surface area contributed by atoms with E-state index in [1.165, 1.54) is 41.6 Å². The number of pyridine rings is 1. The lowest BCUT2D eigenvalue weighted by atomic mass is 10.1. The van der Waals surface area contributed by atoms with E-state index in [1.54, 1.807) is 0 Å². The molecule has 0 spiro atoms. The van der Waals surface area contributed by atoms with Crippen LogP contribution < -0.4 is 0 Å². The van der Waals surface area contributed by atoms with E-state index < -0.39 is 0 Å². The van der Waals surface area contributed by atoms with Gasteiger partial charge in [0.25, 0.3) is 0 Å². The summed E-state index contributed by atoms with van der Waals surface area (Å²) in [5.41, 5.74) is 5.12. The van der Waals surface area contributed by atoms with Crippen molar-refractivity contribution >= 4 is 11.0 Å². The second kappa shape index (κ2) is 7.38. The molecule has 4 rings (SSSR count). The van der Waals surface area contributed by atoms with Crippen LogP contribution in [0.2, 0.25) is 0 Å². The molecule has 0 radical (unpaired) electrons. The van der Waals surface area contributed by atoms with Crippen LogP contribution in [0.15, 0.2) is 48.8 Å². The summed E-state index contributed by atoms with van der Waals surface area (Å²) in [6.07, 6.45) is 5.12. The molecule has 1 fully saturated rings. The van der Waals surface area contributed by atoms with Crippen molar-refractivity contribution in [2.45, 2.75) is 26.4 Å². The summed E-state index contributed by atoms with van der Waals surface area (Å²) in [4.78, 5) is 12.8. The van der Waals surface area contributed by atoms with Crippen LogP contribution in [-0.2, 0) is 13.1 Å². The van der Waals surface area contributed by atoms with Crippen molar-refractivity contribution in [3.05, 3.63) is 65.5 Å². The monoisotopic (exact) mass is 334 g/mol. The van der Waals surface area contributed by atoms with Crippen molar-refractivity contribution in [1.82, 2.24) is 19.8 Å². The molecule has 130 valence electrons. The molecule has 3 heterocycles. The molecular formula is C21H26N4. The minimum absolute atomic E-state index is 0.994. The van der Waals surface area contributed by atoms with Crippen LogP contribution in [0.3, 0.4) is 0 Å². The number of hydrogen-bond donors (Lipinski definition) is 1. The Morgan fingerprint density at radius 2 is 1.68 bits per heavy atom. The van der Waals surface area contributed by atoms with Gasteiger partial charge in [-0.05, 0) is 49.7 Å². The fraction of sp³-hybridized carbons (Fsp3) is 0.381. The average molecular weight is 334 g/mol. The number of nitrogens with one attached hydrogen (secondary N) is 1. The third-order valence-corrected chi connectivity index (χ3v) is 5.15. The number of nitrogens with zero attached hydrogens (tertiary/aromatic N) is 3. The average Bonchev–Trinajstić information content (AvgIpc) is 3.00. The third kappa shape index (κ3) is 3.91. The molecule has 0 saturated carbocycles. The van der Waals surface area contributed by atoms with Crippen molar-refractivity contribution in [2.24, 2.45) is 0 Å². The van der Waals surface area contributed by atoms with E-state index >= 15 is 0 Å². The number of fused-ring (bicyclic) bond motifs is 1. The van der Waals surface area contributed by atoms with Gasteiger partial charge in [0, 0.05) is 44.0 Å². The third-order valence-electron chi connectivity index (χ3n) is 5.15. The highest BCUT2D eigenvalue weighted by molar-refractivity contribution is 5.79. The molecule has 0 unspecified atom stereocenters. The number of aromatic amines is 1. The summed E-state index contributed by atoms with van der Waals surface area (Å²) < 4.78 is 0. The molecule has 1 aromatic carbocycles. The molecule has 0 amide bonds. The van der Waals surface area contributed by atoms with Crippen LogP contribution >= 0.6 is 0 Å². The van der Waals surface area contributed by atoms with Gasteiger partial charge in [0.2, 0.25) is 0 Å². The fourth-order valence-corrected chi connectivity index (χ4v) is 3.69. The zero-order valence-corrected chi connectivity index (χ0v) is 14.9. The number of hydrogen-bond acceptors (Lipinski definition) is 3. The molecule has 2 aromatic heterocycles. The van der Waals surface area contributed by atoms with E-state index in [9.17, 15) is 0 Å². The minimum atomic E-state index is 0.994.